The zero-order valence-corrected chi connectivity index (χ0v) is 18.7. The predicted octanol–water partition coefficient (Wildman–Crippen LogP) is 5.94. The topological polar surface area (TPSA) is 71.3 Å². The second-order valence-electron chi connectivity index (χ2n) is 8.19. The summed E-state index contributed by atoms with van der Waals surface area (Å²) in [6, 6.07) is 12.9. The highest BCUT2D eigenvalue weighted by Gasteiger charge is 2.23. The summed E-state index contributed by atoms with van der Waals surface area (Å²) in [5.74, 6) is -0.842. The van der Waals surface area contributed by atoms with E-state index < -0.39 is 11.5 Å². The molecule has 1 heterocycles. The van der Waals surface area contributed by atoms with E-state index in [2.05, 4.69) is 12.2 Å². The molecule has 31 heavy (non-hydrogen) atoms. The summed E-state index contributed by atoms with van der Waals surface area (Å²) in [7, 11) is 0. The van der Waals surface area contributed by atoms with Gasteiger partial charge in [-0.25, -0.2) is 0 Å². The lowest BCUT2D eigenvalue weighted by Crippen LogP contribution is -2.30. The van der Waals surface area contributed by atoms with E-state index in [1.165, 1.54) is 19.3 Å². The third-order valence-electron chi connectivity index (χ3n) is 5.83. The Hall–Kier alpha value is -3.08. The second kappa shape index (κ2) is 10.3. The maximum absolute atomic E-state index is 13.3. The molecule has 0 atom stereocenters. The number of aromatic nitrogens is 1. The van der Waals surface area contributed by atoms with Gasteiger partial charge in [-0.1, -0.05) is 69.4 Å². The van der Waals surface area contributed by atoms with E-state index in [4.69, 9.17) is 0 Å². The summed E-state index contributed by atoms with van der Waals surface area (Å²) < 4.78 is 1.63. The summed E-state index contributed by atoms with van der Waals surface area (Å²) >= 11 is 0. The molecule has 5 nitrogen and oxygen atoms in total. The van der Waals surface area contributed by atoms with E-state index in [1.54, 1.807) is 16.7 Å². The first-order valence-electron chi connectivity index (χ1n) is 11.2. The Morgan fingerprint density at radius 1 is 0.935 bits per heavy atom. The zero-order chi connectivity index (χ0) is 22.4. The van der Waals surface area contributed by atoms with E-state index in [0.717, 1.165) is 30.4 Å². The van der Waals surface area contributed by atoms with Crippen molar-refractivity contribution in [1.29, 1.82) is 0 Å². The third kappa shape index (κ3) is 4.98. The normalized spacial score (nSPS) is 11.1. The lowest BCUT2D eigenvalue weighted by atomic mass is 10.1. The lowest BCUT2D eigenvalue weighted by molar-refractivity contribution is 0.102. The van der Waals surface area contributed by atoms with Gasteiger partial charge in [0, 0.05) is 17.6 Å². The van der Waals surface area contributed by atoms with Crippen molar-refractivity contribution in [2.45, 2.75) is 65.8 Å². The average Bonchev–Trinajstić information content (AvgIpc) is 2.75. The SMILES string of the molecule is CCCCCCCCn1c(=O)c(C(=O)Nc2c(C)cccc2C)c(O)c2ccccc21. The fourth-order valence-corrected chi connectivity index (χ4v) is 4.05. The fraction of sp³-hybridized carbons (Fsp3) is 0.385. The van der Waals surface area contributed by atoms with Crippen LogP contribution < -0.4 is 10.9 Å². The Balaban J connectivity index is 1.96. The van der Waals surface area contributed by atoms with E-state index in [0.29, 0.717) is 23.1 Å². The molecule has 2 aromatic carbocycles. The number of para-hydroxylation sites is 2. The number of nitrogens with one attached hydrogen (secondary N) is 1. The summed E-state index contributed by atoms with van der Waals surface area (Å²) in [5.41, 5.74) is 2.48. The lowest BCUT2D eigenvalue weighted by Gasteiger charge is -2.16. The van der Waals surface area contributed by atoms with Gasteiger partial charge in [0.15, 0.2) is 0 Å². The molecule has 1 aromatic heterocycles. The number of nitrogens with zero attached hydrogens (tertiary/aromatic N) is 1. The number of unbranched alkanes of at least 4 members (excludes halogenated alkanes) is 5. The van der Waals surface area contributed by atoms with Gasteiger partial charge in [0.2, 0.25) is 0 Å². The maximum atomic E-state index is 13.3. The number of carbonyl (C=O) groups is 1. The first-order valence-corrected chi connectivity index (χ1v) is 11.2. The van der Waals surface area contributed by atoms with Crippen LogP contribution in [0.1, 0.15) is 66.9 Å². The van der Waals surface area contributed by atoms with Crippen LogP contribution >= 0.6 is 0 Å². The molecule has 0 aliphatic heterocycles. The largest absolute Gasteiger partial charge is 0.506 e. The number of aromatic hydroxyl groups is 1. The standard InChI is InChI=1S/C26H32N2O3/c1-4-5-6-7-8-11-17-28-21-16-10-9-15-20(21)24(29)22(26(28)31)25(30)27-23-18(2)13-12-14-19(23)3/h9-10,12-16,29H,4-8,11,17H2,1-3H3,(H,27,30). The van der Waals surface area contributed by atoms with E-state index in [1.807, 2.05) is 44.2 Å². The predicted molar refractivity (Wildman–Crippen MR) is 127 cm³/mol. The Kier molecular flexibility index (Phi) is 7.50. The molecule has 0 aliphatic rings. The van der Waals surface area contributed by atoms with Gasteiger partial charge in [-0.15, -0.1) is 0 Å². The van der Waals surface area contributed by atoms with Gasteiger partial charge < -0.3 is 15.0 Å². The molecule has 0 saturated carbocycles. The van der Waals surface area contributed by atoms with E-state index in [-0.39, 0.29) is 11.3 Å². The first kappa shape index (κ1) is 22.6. The van der Waals surface area contributed by atoms with Crippen molar-refractivity contribution in [3.05, 3.63) is 69.5 Å². The van der Waals surface area contributed by atoms with Crippen LogP contribution in [-0.2, 0) is 6.54 Å². The molecule has 3 rings (SSSR count). The Morgan fingerprint density at radius 3 is 2.29 bits per heavy atom. The molecule has 0 spiro atoms. The van der Waals surface area contributed by atoms with Gasteiger partial charge in [0.25, 0.3) is 11.5 Å². The number of benzene rings is 2. The quantitative estimate of drug-likeness (QED) is 0.421. The summed E-state index contributed by atoms with van der Waals surface area (Å²) in [6.07, 6.45) is 6.65. The molecule has 164 valence electrons. The van der Waals surface area contributed by atoms with Crippen LogP contribution in [0.3, 0.4) is 0 Å². The Morgan fingerprint density at radius 2 is 1.58 bits per heavy atom. The van der Waals surface area contributed by atoms with Crippen molar-refractivity contribution in [3.8, 4) is 5.75 Å². The minimum Gasteiger partial charge on any atom is -0.506 e. The molecule has 1 amide bonds. The van der Waals surface area contributed by atoms with Gasteiger partial charge in [-0.2, -0.15) is 0 Å². The number of fused-ring (bicyclic) bond motifs is 1. The van der Waals surface area contributed by atoms with E-state index in [9.17, 15) is 14.7 Å². The number of rotatable bonds is 9. The minimum atomic E-state index is -0.581. The summed E-state index contributed by atoms with van der Waals surface area (Å²) in [6.45, 7) is 6.52. The van der Waals surface area contributed by atoms with Crippen molar-refractivity contribution in [2.24, 2.45) is 0 Å². The fourth-order valence-electron chi connectivity index (χ4n) is 4.05. The van der Waals surface area contributed by atoms with Crippen LogP contribution in [0, 0.1) is 13.8 Å². The van der Waals surface area contributed by atoms with Crippen LogP contribution in [0.2, 0.25) is 0 Å². The van der Waals surface area contributed by atoms with Crippen molar-refractivity contribution in [1.82, 2.24) is 4.57 Å². The number of aryl methyl sites for hydroxylation is 3. The van der Waals surface area contributed by atoms with Gasteiger partial charge in [-0.3, -0.25) is 9.59 Å². The van der Waals surface area contributed by atoms with Crippen molar-refractivity contribution in [2.75, 3.05) is 5.32 Å². The number of hydrogen-bond acceptors (Lipinski definition) is 3. The molecule has 0 bridgehead atoms. The molecule has 0 fully saturated rings. The monoisotopic (exact) mass is 420 g/mol. The van der Waals surface area contributed by atoms with E-state index >= 15 is 0 Å². The number of pyridine rings is 1. The summed E-state index contributed by atoms with van der Waals surface area (Å²) in [5, 5.41) is 14.2. The first-order chi connectivity index (χ1) is 15.0. The van der Waals surface area contributed by atoms with Gasteiger partial charge in [0.1, 0.15) is 11.3 Å². The van der Waals surface area contributed by atoms with Gasteiger partial charge in [0.05, 0.1) is 5.52 Å². The molecule has 0 aliphatic carbocycles. The number of amides is 1. The van der Waals surface area contributed by atoms with Gasteiger partial charge >= 0.3 is 0 Å². The van der Waals surface area contributed by atoms with Crippen LogP contribution in [0.15, 0.2) is 47.3 Å². The van der Waals surface area contributed by atoms with Crippen LogP contribution in [-0.4, -0.2) is 15.6 Å². The van der Waals surface area contributed by atoms with Crippen molar-refractivity contribution >= 4 is 22.5 Å². The van der Waals surface area contributed by atoms with Gasteiger partial charge in [-0.05, 0) is 43.5 Å². The van der Waals surface area contributed by atoms with Crippen LogP contribution in [0.5, 0.6) is 5.75 Å². The summed E-state index contributed by atoms with van der Waals surface area (Å²) in [4.78, 5) is 26.4. The molecular formula is C26H32N2O3. The molecule has 2 N–H and O–H groups in total. The Bertz CT molecular complexity index is 1110. The highest BCUT2D eigenvalue weighted by Crippen LogP contribution is 2.28. The highest BCUT2D eigenvalue weighted by atomic mass is 16.3. The third-order valence-corrected chi connectivity index (χ3v) is 5.83. The molecule has 3 aromatic rings. The molecular weight excluding hydrogens is 388 g/mol. The minimum absolute atomic E-state index is 0.202. The number of carbonyl (C=O) groups excluding carboxylic acids is 1. The smallest absolute Gasteiger partial charge is 0.267 e. The molecule has 0 unspecified atom stereocenters. The second-order valence-corrected chi connectivity index (χ2v) is 8.19. The number of hydrogen-bond donors (Lipinski definition) is 2. The number of anilines is 1. The zero-order valence-electron chi connectivity index (χ0n) is 18.7. The maximum Gasteiger partial charge on any atom is 0.267 e. The molecule has 0 radical (unpaired) electrons. The van der Waals surface area contributed by atoms with Crippen molar-refractivity contribution < 1.29 is 9.90 Å². The Labute approximate surface area is 183 Å². The van der Waals surface area contributed by atoms with Crippen LogP contribution in [0.25, 0.3) is 10.9 Å². The van der Waals surface area contributed by atoms with Crippen molar-refractivity contribution in [3.63, 3.8) is 0 Å². The molecule has 0 saturated heterocycles. The highest BCUT2D eigenvalue weighted by molar-refractivity contribution is 6.09. The molecule has 5 heteroatoms. The average molecular weight is 421 g/mol. The van der Waals surface area contributed by atoms with Crippen LogP contribution in [0.4, 0.5) is 5.69 Å².